The zero-order valence-corrected chi connectivity index (χ0v) is 19.6. The minimum absolute atomic E-state index is 0.0157. The molecule has 2 heterocycles. The minimum Gasteiger partial charge on any atom is -0.351 e. The first-order valence-electron chi connectivity index (χ1n) is 11.4. The van der Waals surface area contributed by atoms with E-state index in [1.165, 1.54) is 10.3 Å². The van der Waals surface area contributed by atoms with Crippen molar-refractivity contribution < 1.29 is 4.79 Å². The summed E-state index contributed by atoms with van der Waals surface area (Å²) >= 11 is 1.78. The molecule has 0 saturated carbocycles. The first-order chi connectivity index (χ1) is 16.2. The van der Waals surface area contributed by atoms with Crippen molar-refractivity contribution >= 4 is 32.6 Å². The van der Waals surface area contributed by atoms with Gasteiger partial charge in [0.15, 0.2) is 5.13 Å². The molecule has 1 saturated heterocycles. The van der Waals surface area contributed by atoms with Crippen LogP contribution in [0.4, 0.5) is 5.13 Å². The predicted octanol–water partition coefficient (Wildman–Crippen LogP) is 4.82. The largest absolute Gasteiger partial charge is 0.351 e. The lowest BCUT2D eigenvalue weighted by Gasteiger charge is -2.34. The average Bonchev–Trinajstić information content (AvgIpc) is 3.31. The number of hydrogen-bond acceptors (Lipinski definition) is 5. The molecule has 5 rings (SSSR count). The number of aryl methyl sites for hydroxylation is 1. The Hall–Kier alpha value is -3.22. The highest BCUT2D eigenvalue weighted by atomic mass is 32.1. The third-order valence-electron chi connectivity index (χ3n) is 6.22. The van der Waals surface area contributed by atoms with E-state index in [4.69, 9.17) is 4.98 Å². The topological polar surface area (TPSA) is 48.5 Å². The fourth-order valence-corrected chi connectivity index (χ4v) is 5.34. The second-order valence-corrected chi connectivity index (χ2v) is 9.46. The van der Waals surface area contributed by atoms with Gasteiger partial charge in [0, 0.05) is 44.8 Å². The van der Waals surface area contributed by atoms with Gasteiger partial charge >= 0.3 is 0 Å². The highest BCUT2D eigenvalue weighted by Gasteiger charge is 2.20. The minimum atomic E-state index is -0.0157. The number of amides is 1. The van der Waals surface area contributed by atoms with Crippen LogP contribution in [0.3, 0.4) is 0 Å². The Kier molecular flexibility index (Phi) is 6.37. The van der Waals surface area contributed by atoms with Crippen LogP contribution in [0.5, 0.6) is 0 Å². The van der Waals surface area contributed by atoms with Gasteiger partial charge in [-0.05, 0) is 41.8 Å². The van der Waals surface area contributed by atoms with Gasteiger partial charge in [-0.2, -0.15) is 0 Å². The Labute approximate surface area is 198 Å². The quantitative estimate of drug-likeness (QED) is 0.452. The summed E-state index contributed by atoms with van der Waals surface area (Å²) in [5, 5.41) is 4.18. The number of fused-ring (bicyclic) bond motifs is 1. The molecule has 0 bridgehead atoms. The molecule has 4 aromatic rings. The summed E-state index contributed by atoms with van der Waals surface area (Å²) in [4.78, 5) is 22.2. The molecule has 5 nitrogen and oxygen atoms in total. The Morgan fingerprint density at radius 2 is 1.64 bits per heavy atom. The van der Waals surface area contributed by atoms with E-state index in [2.05, 4.69) is 52.4 Å². The molecule has 0 radical (unpaired) electrons. The van der Waals surface area contributed by atoms with Crippen molar-refractivity contribution in [1.29, 1.82) is 0 Å². The van der Waals surface area contributed by atoms with Gasteiger partial charge in [-0.1, -0.05) is 65.9 Å². The molecule has 0 unspecified atom stereocenters. The summed E-state index contributed by atoms with van der Waals surface area (Å²) in [5.74, 6) is -0.0157. The number of carbonyl (C=O) groups is 1. The summed E-state index contributed by atoms with van der Waals surface area (Å²) < 4.78 is 1.26. The lowest BCUT2D eigenvalue weighted by molar-refractivity contribution is 0.0948. The molecule has 3 aromatic carbocycles. The summed E-state index contributed by atoms with van der Waals surface area (Å²) in [7, 11) is 0. The van der Waals surface area contributed by atoms with E-state index < -0.39 is 0 Å². The van der Waals surface area contributed by atoms with E-state index in [1.54, 1.807) is 11.3 Å². The number of nitrogens with one attached hydrogen (secondary N) is 1. The normalized spacial score (nSPS) is 14.5. The Bertz CT molecular complexity index is 1230. The van der Waals surface area contributed by atoms with Crippen LogP contribution in [0.25, 0.3) is 21.3 Å². The maximum absolute atomic E-state index is 12.5. The zero-order chi connectivity index (χ0) is 22.6. The fourth-order valence-electron chi connectivity index (χ4n) is 4.25. The van der Waals surface area contributed by atoms with Gasteiger partial charge in [-0.15, -0.1) is 0 Å². The number of hydrogen-bond donors (Lipinski definition) is 1. The SMILES string of the molecule is Cc1cccc2sc(N3CCN(CCNC(=O)c4ccc(-c5ccccc5)cc4)CC3)nc12. The average molecular weight is 457 g/mol. The lowest BCUT2D eigenvalue weighted by atomic mass is 10.0. The van der Waals surface area contributed by atoms with Crippen LogP contribution in [-0.4, -0.2) is 55.1 Å². The van der Waals surface area contributed by atoms with Crippen molar-refractivity contribution in [2.75, 3.05) is 44.2 Å². The van der Waals surface area contributed by atoms with Gasteiger partial charge in [-0.25, -0.2) is 4.98 Å². The molecule has 1 aliphatic heterocycles. The van der Waals surface area contributed by atoms with E-state index in [-0.39, 0.29) is 5.91 Å². The number of nitrogens with zero attached hydrogens (tertiary/aromatic N) is 3. The van der Waals surface area contributed by atoms with Gasteiger partial charge in [0.1, 0.15) is 0 Å². The molecule has 0 aliphatic carbocycles. The van der Waals surface area contributed by atoms with E-state index in [0.717, 1.165) is 54.5 Å². The monoisotopic (exact) mass is 456 g/mol. The van der Waals surface area contributed by atoms with Crippen molar-refractivity contribution in [2.45, 2.75) is 6.92 Å². The maximum atomic E-state index is 12.5. The van der Waals surface area contributed by atoms with Gasteiger partial charge in [-0.3, -0.25) is 9.69 Å². The highest BCUT2D eigenvalue weighted by molar-refractivity contribution is 7.22. The highest BCUT2D eigenvalue weighted by Crippen LogP contribution is 2.31. The first kappa shape index (κ1) is 21.6. The molecule has 168 valence electrons. The predicted molar refractivity (Wildman–Crippen MR) is 137 cm³/mol. The third kappa shape index (κ3) is 4.92. The van der Waals surface area contributed by atoms with Gasteiger partial charge in [0.2, 0.25) is 0 Å². The van der Waals surface area contributed by atoms with Gasteiger partial charge < -0.3 is 10.2 Å². The van der Waals surface area contributed by atoms with Gasteiger partial charge in [0.05, 0.1) is 10.2 Å². The molecular formula is C27H28N4OS. The van der Waals surface area contributed by atoms with Crippen LogP contribution in [0.1, 0.15) is 15.9 Å². The fraction of sp³-hybridized carbons (Fsp3) is 0.259. The van der Waals surface area contributed by atoms with E-state index >= 15 is 0 Å². The Morgan fingerprint density at radius 3 is 2.36 bits per heavy atom. The number of para-hydroxylation sites is 1. The summed E-state index contributed by atoms with van der Waals surface area (Å²) in [6.45, 7) is 7.53. The molecule has 33 heavy (non-hydrogen) atoms. The van der Waals surface area contributed by atoms with E-state index in [1.807, 2.05) is 42.5 Å². The Morgan fingerprint density at radius 1 is 0.909 bits per heavy atom. The summed E-state index contributed by atoms with van der Waals surface area (Å²) in [6.07, 6.45) is 0. The third-order valence-corrected chi connectivity index (χ3v) is 7.30. The standard InChI is InChI=1S/C27H28N4OS/c1-20-6-5-9-24-25(20)29-27(33-24)31-18-16-30(17-19-31)15-14-28-26(32)23-12-10-22(11-13-23)21-7-3-2-4-8-21/h2-13H,14-19H2,1H3,(H,28,32). The van der Waals surface area contributed by atoms with Crippen molar-refractivity contribution in [2.24, 2.45) is 0 Å². The van der Waals surface area contributed by atoms with Crippen molar-refractivity contribution in [3.63, 3.8) is 0 Å². The van der Waals surface area contributed by atoms with Crippen LogP contribution < -0.4 is 10.2 Å². The molecule has 1 amide bonds. The van der Waals surface area contributed by atoms with Crippen LogP contribution in [0.2, 0.25) is 0 Å². The number of aromatic nitrogens is 1. The van der Waals surface area contributed by atoms with Crippen LogP contribution in [-0.2, 0) is 0 Å². The van der Waals surface area contributed by atoms with E-state index in [0.29, 0.717) is 12.1 Å². The lowest BCUT2D eigenvalue weighted by Crippen LogP contribution is -2.48. The second kappa shape index (κ2) is 9.73. The maximum Gasteiger partial charge on any atom is 0.251 e. The molecule has 1 N–H and O–H groups in total. The van der Waals surface area contributed by atoms with Crippen molar-refractivity contribution in [3.8, 4) is 11.1 Å². The van der Waals surface area contributed by atoms with Crippen molar-refractivity contribution in [3.05, 3.63) is 83.9 Å². The van der Waals surface area contributed by atoms with Crippen LogP contribution in [0.15, 0.2) is 72.8 Å². The van der Waals surface area contributed by atoms with Crippen molar-refractivity contribution in [1.82, 2.24) is 15.2 Å². The molecule has 1 fully saturated rings. The number of piperazine rings is 1. The number of anilines is 1. The zero-order valence-electron chi connectivity index (χ0n) is 18.8. The molecule has 6 heteroatoms. The number of rotatable bonds is 6. The number of thiazole rings is 1. The molecule has 1 aromatic heterocycles. The second-order valence-electron chi connectivity index (χ2n) is 8.45. The molecule has 0 atom stereocenters. The molecule has 0 spiro atoms. The number of carbonyl (C=O) groups excluding carboxylic acids is 1. The molecular weight excluding hydrogens is 428 g/mol. The smallest absolute Gasteiger partial charge is 0.251 e. The van der Waals surface area contributed by atoms with E-state index in [9.17, 15) is 4.79 Å². The molecule has 1 aliphatic rings. The van der Waals surface area contributed by atoms with Crippen LogP contribution in [0, 0.1) is 6.92 Å². The van der Waals surface area contributed by atoms with Crippen LogP contribution >= 0.6 is 11.3 Å². The summed E-state index contributed by atoms with van der Waals surface area (Å²) in [5.41, 5.74) is 5.34. The summed E-state index contributed by atoms with van der Waals surface area (Å²) in [6, 6.07) is 24.4. The Balaban J connectivity index is 1.09. The number of benzene rings is 3. The first-order valence-corrected chi connectivity index (χ1v) is 12.3. The van der Waals surface area contributed by atoms with Gasteiger partial charge in [0.25, 0.3) is 5.91 Å².